The molecule has 1 aromatic heterocycles. The fourth-order valence-electron chi connectivity index (χ4n) is 2.26. The van der Waals surface area contributed by atoms with Crippen LogP contribution >= 0.6 is 15.9 Å². The van der Waals surface area contributed by atoms with Crippen LogP contribution in [0.15, 0.2) is 16.9 Å². The molecule has 0 radical (unpaired) electrons. The number of carbonyl (C=O) groups is 1. The summed E-state index contributed by atoms with van der Waals surface area (Å²) in [6.45, 7) is 2.73. The summed E-state index contributed by atoms with van der Waals surface area (Å²) < 4.78 is 7.91. The molecule has 18 heavy (non-hydrogen) atoms. The lowest BCUT2D eigenvalue weighted by molar-refractivity contribution is -0.153. The number of nitrogens with one attached hydrogen (secondary N) is 1. The molecule has 1 fully saturated rings. The summed E-state index contributed by atoms with van der Waals surface area (Å²) in [5.41, 5.74) is -0.651. The van der Waals surface area contributed by atoms with Crippen LogP contribution in [0.25, 0.3) is 0 Å². The van der Waals surface area contributed by atoms with Gasteiger partial charge in [0.25, 0.3) is 0 Å². The quantitative estimate of drug-likeness (QED) is 0.810. The maximum atomic E-state index is 12.3. The van der Waals surface area contributed by atoms with Crippen LogP contribution in [-0.4, -0.2) is 34.9 Å². The van der Waals surface area contributed by atoms with Gasteiger partial charge in [-0.15, -0.1) is 0 Å². The second-order valence-electron chi connectivity index (χ2n) is 4.57. The summed E-state index contributed by atoms with van der Waals surface area (Å²) in [6.07, 6.45) is 5.70. The first-order valence-electron chi connectivity index (χ1n) is 6.16. The first-order valence-corrected chi connectivity index (χ1v) is 6.95. The largest absolute Gasteiger partial charge is 0.465 e. The van der Waals surface area contributed by atoms with Crippen molar-refractivity contribution in [3.8, 4) is 0 Å². The third-order valence-corrected chi connectivity index (χ3v) is 3.78. The van der Waals surface area contributed by atoms with Crippen LogP contribution in [0, 0.1) is 5.92 Å². The minimum atomic E-state index is -0.651. The average molecular weight is 316 g/mol. The summed E-state index contributed by atoms with van der Waals surface area (Å²) >= 11 is 3.36. The van der Waals surface area contributed by atoms with Crippen LogP contribution in [0.4, 0.5) is 0 Å². The van der Waals surface area contributed by atoms with Crippen LogP contribution in [0.2, 0.25) is 0 Å². The molecule has 6 heteroatoms. The highest BCUT2D eigenvalue weighted by Gasteiger charge is 2.51. The van der Waals surface area contributed by atoms with E-state index in [9.17, 15) is 4.79 Å². The minimum absolute atomic E-state index is 0.179. The number of carbonyl (C=O) groups excluding carboxylic acids is 1. The summed E-state index contributed by atoms with van der Waals surface area (Å²) in [5.74, 6) is 0.158. The number of likely N-dealkylation sites (N-methyl/N-ethyl adjacent to an activating group) is 1. The predicted molar refractivity (Wildman–Crippen MR) is 71.1 cm³/mol. The number of hydrogen-bond donors (Lipinski definition) is 1. The molecule has 1 heterocycles. The summed E-state index contributed by atoms with van der Waals surface area (Å²) in [6, 6.07) is 0. The fourth-order valence-corrected chi connectivity index (χ4v) is 2.59. The average Bonchev–Trinajstić information content (AvgIpc) is 3.11. The van der Waals surface area contributed by atoms with Gasteiger partial charge in [-0.05, 0) is 48.7 Å². The normalized spacial score (nSPS) is 18.4. The smallest absolute Gasteiger partial charge is 0.328 e. The molecule has 0 bridgehead atoms. The molecule has 5 nitrogen and oxygen atoms in total. The third-order valence-electron chi connectivity index (χ3n) is 3.37. The predicted octanol–water partition coefficient (Wildman–Crippen LogP) is 1.58. The molecule has 1 N–H and O–H groups in total. The number of esters is 1. The molecule has 0 spiro atoms. The Balaban J connectivity index is 2.21. The van der Waals surface area contributed by atoms with Crippen molar-refractivity contribution in [2.24, 2.45) is 5.92 Å². The lowest BCUT2D eigenvalue weighted by Crippen LogP contribution is -2.56. The molecule has 1 aliphatic carbocycles. The van der Waals surface area contributed by atoms with Crippen molar-refractivity contribution < 1.29 is 9.53 Å². The number of ether oxygens (including phenoxy) is 1. The zero-order chi connectivity index (χ0) is 13.2. The third kappa shape index (κ3) is 2.59. The SMILES string of the molecule is CCOC(=O)C(Cn1cc(Br)cn1)(NC)C1CC1. The van der Waals surface area contributed by atoms with Crippen molar-refractivity contribution in [3.05, 3.63) is 16.9 Å². The molecule has 1 aromatic rings. The van der Waals surface area contributed by atoms with Gasteiger partial charge in [-0.1, -0.05) is 0 Å². The topological polar surface area (TPSA) is 56.2 Å². The van der Waals surface area contributed by atoms with Crippen LogP contribution in [0.5, 0.6) is 0 Å². The van der Waals surface area contributed by atoms with Crippen molar-refractivity contribution in [2.45, 2.75) is 31.8 Å². The number of halogens is 1. The number of rotatable bonds is 6. The first-order chi connectivity index (χ1) is 8.62. The molecular formula is C12H18BrN3O2. The highest BCUT2D eigenvalue weighted by molar-refractivity contribution is 9.10. The van der Waals surface area contributed by atoms with Gasteiger partial charge >= 0.3 is 5.97 Å². The molecule has 1 unspecified atom stereocenters. The van der Waals surface area contributed by atoms with Gasteiger partial charge in [0.05, 0.1) is 23.8 Å². The monoisotopic (exact) mass is 315 g/mol. The van der Waals surface area contributed by atoms with E-state index in [1.807, 2.05) is 20.2 Å². The molecule has 0 aromatic carbocycles. The van der Waals surface area contributed by atoms with Crippen molar-refractivity contribution in [1.82, 2.24) is 15.1 Å². The maximum Gasteiger partial charge on any atom is 0.328 e. The highest BCUT2D eigenvalue weighted by Crippen LogP contribution is 2.41. The Labute approximate surface area is 115 Å². The molecule has 1 aliphatic rings. The van der Waals surface area contributed by atoms with Gasteiger partial charge in [0, 0.05) is 6.20 Å². The molecule has 0 saturated heterocycles. The van der Waals surface area contributed by atoms with Crippen molar-refractivity contribution in [2.75, 3.05) is 13.7 Å². The second-order valence-corrected chi connectivity index (χ2v) is 5.49. The van der Waals surface area contributed by atoms with Gasteiger partial charge < -0.3 is 10.1 Å². The van der Waals surface area contributed by atoms with Gasteiger partial charge in [0.15, 0.2) is 0 Å². The van der Waals surface area contributed by atoms with E-state index in [0.717, 1.165) is 17.3 Å². The van der Waals surface area contributed by atoms with E-state index < -0.39 is 5.54 Å². The lowest BCUT2D eigenvalue weighted by atomic mass is 9.93. The van der Waals surface area contributed by atoms with E-state index in [-0.39, 0.29) is 5.97 Å². The van der Waals surface area contributed by atoms with Crippen LogP contribution in [0.3, 0.4) is 0 Å². The fraction of sp³-hybridized carbons (Fsp3) is 0.667. The van der Waals surface area contributed by atoms with Gasteiger partial charge in [0.1, 0.15) is 5.54 Å². The van der Waals surface area contributed by atoms with Gasteiger partial charge in [-0.25, -0.2) is 4.79 Å². The van der Waals surface area contributed by atoms with Crippen LogP contribution < -0.4 is 5.32 Å². The van der Waals surface area contributed by atoms with Gasteiger partial charge in [0.2, 0.25) is 0 Å². The van der Waals surface area contributed by atoms with E-state index in [1.54, 1.807) is 10.9 Å². The first kappa shape index (κ1) is 13.5. The molecule has 0 amide bonds. The number of nitrogens with zero attached hydrogens (tertiary/aromatic N) is 2. The standard InChI is InChI=1S/C12H18BrN3O2/c1-3-18-11(17)12(14-2,9-4-5-9)8-16-7-10(13)6-15-16/h6-7,9,14H,3-5,8H2,1-2H3. The summed E-state index contributed by atoms with van der Waals surface area (Å²) in [5, 5.41) is 7.39. The van der Waals surface area contributed by atoms with E-state index >= 15 is 0 Å². The Bertz CT molecular complexity index is 431. The molecule has 1 atom stereocenters. The van der Waals surface area contributed by atoms with E-state index in [2.05, 4.69) is 26.3 Å². The van der Waals surface area contributed by atoms with Crippen LogP contribution in [0.1, 0.15) is 19.8 Å². The Hall–Kier alpha value is -0.880. The lowest BCUT2D eigenvalue weighted by Gasteiger charge is -2.31. The second kappa shape index (κ2) is 5.40. The Kier molecular flexibility index (Phi) is 4.07. The van der Waals surface area contributed by atoms with E-state index in [1.165, 1.54) is 0 Å². The maximum absolute atomic E-state index is 12.3. The highest BCUT2D eigenvalue weighted by atomic mass is 79.9. The van der Waals surface area contributed by atoms with Crippen molar-refractivity contribution >= 4 is 21.9 Å². The zero-order valence-corrected chi connectivity index (χ0v) is 12.2. The molecular weight excluding hydrogens is 298 g/mol. The Morgan fingerprint density at radius 1 is 1.72 bits per heavy atom. The number of hydrogen-bond acceptors (Lipinski definition) is 4. The van der Waals surface area contributed by atoms with Gasteiger partial charge in [-0.3, -0.25) is 4.68 Å². The molecule has 1 saturated carbocycles. The van der Waals surface area contributed by atoms with Crippen LogP contribution in [-0.2, 0) is 16.1 Å². The Morgan fingerprint density at radius 2 is 2.44 bits per heavy atom. The zero-order valence-electron chi connectivity index (χ0n) is 10.6. The van der Waals surface area contributed by atoms with Gasteiger partial charge in [-0.2, -0.15) is 5.10 Å². The summed E-state index contributed by atoms with van der Waals surface area (Å²) in [4.78, 5) is 12.3. The number of aromatic nitrogens is 2. The van der Waals surface area contributed by atoms with Crippen molar-refractivity contribution in [1.29, 1.82) is 0 Å². The van der Waals surface area contributed by atoms with E-state index in [4.69, 9.17) is 4.74 Å². The Morgan fingerprint density at radius 3 is 2.89 bits per heavy atom. The molecule has 100 valence electrons. The van der Waals surface area contributed by atoms with E-state index in [0.29, 0.717) is 19.1 Å². The molecule has 0 aliphatic heterocycles. The summed E-state index contributed by atoms with van der Waals surface area (Å²) in [7, 11) is 1.81. The minimum Gasteiger partial charge on any atom is -0.465 e. The van der Waals surface area contributed by atoms with Crippen molar-refractivity contribution in [3.63, 3.8) is 0 Å². The molecule has 2 rings (SSSR count).